The third-order valence-electron chi connectivity index (χ3n) is 3.01. The summed E-state index contributed by atoms with van der Waals surface area (Å²) in [4.78, 5) is 0. The van der Waals surface area contributed by atoms with Gasteiger partial charge in [-0.05, 0) is 63.9 Å². The molecule has 0 bridgehead atoms. The second kappa shape index (κ2) is 6.55. The summed E-state index contributed by atoms with van der Waals surface area (Å²) in [6.07, 6.45) is 6.25. The molecule has 0 fully saturated rings. The van der Waals surface area contributed by atoms with E-state index in [1.165, 1.54) is 5.56 Å². The van der Waals surface area contributed by atoms with Gasteiger partial charge in [0, 0.05) is 16.2 Å². The molecule has 20 heavy (non-hydrogen) atoms. The smallest absolute Gasteiger partial charge is 0.0656 e. The van der Waals surface area contributed by atoms with E-state index < -0.39 is 0 Å². The van der Waals surface area contributed by atoms with Crippen molar-refractivity contribution in [2.45, 2.75) is 39.2 Å². The van der Waals surface area contributed by atoms with Crippen LogP contribution in [0.2, 0.25) is 0 Å². The van der Waals surface area contributed by atoms with Crippen LogP contribution in [0.15, 0.2) is 41.1 Å². The van der Waals surface area contributed by atoms with Crippen molar-refractivity contribution in [3.05, 3.63) is 46.7 Å². The van der Waals surface area contributed by atoms with E-state index in [1.54, 1.807) is 0 Å². The second-order valence-corrected chi connectivity index (χ2v) is 6.97. The molecule has 1 N–H and O–H groups in total. The third-order valence-corrected chi connectivity index (χ3v) is 3.50. The molecule has 0 atom stereocenters. The van der Waals surface area contributed by atoms with Crippen LogP contribution in [0.4, 0.5) is 0 Å². The number of aromatic nitrogens is 2. The topological polar surface area (TPSA) is 29.9 Å². The van der Waals surface area contributed by atoms with Crippen LogP contribution in [0, 0.1) is 0 Å². The number of nitrogens with one attached hydrogen (secondary N) is 1. The lowest BCUT2D eigenvalue weighted by atomic mass is 10.1. The minimum absolute atomic E-state index is 0.195. The fraction of sp³-hybridized carbons (Fsp3) is 0.438. The van der Waals surface area contributed by atoms with E-state index in [9.17, 15) is 0 Å². The predicted molar refractivity (Wildman–Crippen MR) is 87.3 cm³/mol. The quantitative estimate of drug-likeness (QED) is 0.838. The molecule has 0 aliphatic heterocycles. The van der Waals surface area contributed by atoms with Crippen molar-refractivity contribution in [3.63, 3.8) is 0 Å². The van der Waals surface area contributed by atoms with E-state index in [4.69, 9.17) is 0 Å². The molecule has 1 aromatic carbocycles. The average Bonchev–Trinajstić information content (AvgIpc) is 2.82. The van der Waals surface area contributed by atoms with Crippen molar-refractivity contribution < 1.29 is 0 Å². The van der Waals surface area contributed by atoms with Gasteiger partial charge in [0.15, 0.2) is 0 Å². The molecule has 2 rings (SSSR count). The number of benzene rings is 1. The molecule has 108 valence electrons. The van der Waals surface area contributed by atoms with Crippen molar-refractivity contribution in [2.24, 2.45) is 0 Å². The van der Waals surface area contributed by atoms with Gasteiger partial charge in [-0.25, -0.2) is 4.68 Å². The molecule has 0 spiro atoms. The summed E-state index contributed by atoms with van der Waals surface area (Å²) in [6.45, 7) is 7.61. The number of nitrogens with zero attached hydrogens (tertiary/aromatic N) is 2. The summed E-state index contributed by atoms with van der Waals surface area (Å²) in [5.41, 5.74) is 2.56. The van der Waals surface area contributed by atoms with Crippen LogP contribution in [0.3, 0.4) is 0 Å². The van der Waals surface area contributed by atoms with Gasteiger partial charge in [-0.3, -0.25) is 0 Å². The van der Waals surface area contributed by atoms with Gasteiger partial charge in [0.25, 0.3) is 0 Å². The SMILES string of the molecule is CC(C)(C)NCCCc1cnn(-c2cccc(Br)c2)c1. The lowest BCUT2D eigenvalue weighted by Crippen LogP contribution is -2.36. The lowest BCUT2D eigenvalue weighted by Gasteiger charge is -2.20. The van der Waals surface area contributed by atoms with Crippen LogP contribution in [-0.2, 0) is 6.42 Å². The van der Waals surface area contributed by atoms with E-state index in [2.05, 4.69) is 65.4 Å². The molecular formula is C16H22BrN3. The van der Waals surface area contributed by atoms with Crippen LogP contribution in [-0.4, -0.2) is 21.9 Å². The van der Waals surface area contributed by atoms with Crippen molar-refractivity contribution in [3.8, 4) is 5.69 Å². The van der Waals surface area contributed by atoms with Crippen LogP contribution in [0.25, 0.3) is 5.69 Å². The van der Waals surface area contributed by atoms with Gasteiger partial charge in [0.2, 0.25) is 0 Å². The second-order valence-electron chi connectivity index (χ2n) is 6.05. The van der Waals surface area contributed by atoms with Crippen molar-refractivity contribution in [1.82, 2.24) is 15.1 Å². The van der Waals surface area contributed by atoms with E-state index in [-0.39, 0.29) is 5.54 Å². The average molecular weight is 336 g/mol. The standard InChI is InChI=1S/C16H22BrN3/c1-16(2,3)18-9-5-6-13-11-19-20(12-13)15-8-4-7-14(17)10-15/h4,7-8,10-12,18H,5-6,9H2,1-3H3. The summed E-state index contributed by atoms with van der Waals surface area (Å²) in [5.74, 6) is 0. The van der Waals surface area contributed by atoms with Crippen molar-refractivity contribution in [1.29, 1.82) is 0 Å². The zero-order valence-corrected chi connectivity index (χ0v) is 13.9. The highest BCUT2D eigenvalue weighted by molar-refractivity contribution is 9.10. The molecule has 0 saturated carbocycles. The van der Waals surface area contributed by atoms with Crippen LogP contribution in [0.1, 0.15) is 32.8 Å². The third kappa shape index (κ3) is 4.76. The highest BCUT2D eigenvalue weighted by Gasteiger charge is 2.07. The van der Waals surface area contributed by atoms with Crippen molar-refractivity contribution in [2.75, 3.05) is 6.54 Å². The Balaban J connectivity index is 1.90. The maximum absolute atomic E-state index is 4.43. The Labute approximate surface area is 129 Å². The highest BCUT2D eigenvalue weighted by Crippen LogP contribution is 2.15. The van der Waals surface area contributed by atoms with Gasteiger partial charge in [-0.1, -0.05) is 22.0 Å². The molecule has 0 radical (unpaired) electrons. The first kappa shape index (κ1) is 15.3. The minimum Gasteiger partial charge on any atom is -0.312 e. The predicted octanol–water partition coefficient (Wildman–Crippen LogP) is 3.96. The van der Waals surface area contributed by atoms with Gasteiger partial charge in [0.05, 0.1) is 11.9 Å². The first-order valence-corrected chi connectivity index (χ1v) is 7.78. The molecular weight excluding hydrogens is 314 g/mol. The molecule has 4 heteroatoms. The molecule has 1 aromatic heterocycles. The minimum atomic E-state index is 0.195. The molecule has 2 aromatic rings. The maximum atomic E-state index is 4.43. The molecule has 1 heterocycles. The Kier molecular flexibility index (Phi) is 5.00. The maximum Gasteiger partial charge on any atom is 0.0656 e. The summed E-state index contributed by atoms with van der Waals surface area (Å²) in [7, 11) is 0. The number of aryl methyl sites for hydroxylation is 1. The van der Waals surface area contributed by atoms with Crippen LogP contribution < -0.4 is 5.32 Å². The highest BCUT2D eigenvalue weighted by atomic mass is 79.9. The van der Waals surface area contributed by atoms with Gasteiger partial charge >= 0.3 is 0 Å². The summed E-state index contributed by atoms with van der Waals surface area (Å²) in [5, 5.41) is 7.94. The first-order valence-electron chi connectivity index (χ1n) is 6.98. The summed E-state index contributed by atoms with van der Waals surface area (Å²) >= 11 is 3.49. The Hall–Kier alpha value is -1.13. The number of hydrogen-bond acceptors (Lipinski definition) is 2. The van der Waals surface area contributed by atoms with Crippen LogP contribution >= 0.6 is 15.9 Å². The monoisotopic (exact) mass is 335 g/mol. The van der Waals surface area contributed by atoms with E-state index >= 15 is 0 Å². The Morgan fingerprint density at radius 2 is 2.10 bits per heavy atom. The molecule has 0 amide bonds. The van der Waals surface area contributed by atoms with Gasteiger partial charge in [-0.2, -0.15) is 5.10 Å². The number of halogens is 1. The first-order chi connectivity index (χ1) is 9.44. The van der Waals surface area contributed by atoms with Gasteiger partial charge < -0.3 is 5.32 Å². The van der Waals surface area contributed by atoms with Gasteiger partial charge in [-0.15, -0.1) is 0 Å². The van der Waals surface area contributed by atoms with E-state index in [0.29, 0.717) is 0 Å². The van der Waals surface area contributed by atoms with Crippen LogP contribution in [0.5, 0.6) is 0 Å². The molecule has 3 nitrogen and oxygen atoms in total. The molecule has 0 unspecified atom stereocenters. The Morgan fingerprint density at radius 3 is 2.80 bits per heavy atom. The summed E-state index contributed by atoms with van der Waals surface area (Å²) < 4.78 is 3.00. The summed E-state index contributed by atoms with van der Waals surface area (Å²) in [6, 6.07) is 8.17. The fourth-order valence-electron chi connectivity index (χ4n) is 2.00. The number of rotatable bonds is 5. The normalized spacial score (nSPS) is 11.8. The largest absolute Gasteiger partial charge is 0.312 e. The Bertz CT molecular complexity index is 555. The molecule has 0 aliphatic carbocycles. The van der Waals surface area contributed by atoms with Crippen molar-refractivity contribution >= 4 is 15.9 Å². The lowest BCUT2D eigenvalue weighted by molar-refractivity contribution is 0.422. The fourth-order valence-corrected chi connectivity index (χ4v) is 2.39. The zero-order valence-electron chi connectivity index (χ0n) is 12.4. The number of hydrogen-bond donors (Lipinski definition) is 1. The van der Waals surface area contributed by atoms with E-state index in [0.717, 1.165) is 29.5 Å². The molecule has 0 saturated heterocycles. The van der Waals surface area contributed by atoms with Gasteiger partial charge in [0.1, 0.15) is 0 Å². The molecule has 0 aliphatic rings. The van der Waals surface area contributed by atoms with E-state index in [1.807, 2.05) is 23.0 Å². The Morgan fingerprint density at radius 1 is 1.30 bits per heavy atom. The zero-order chi connectivity index (χ0) is 14.6.